The number of halogens is 2. The van der Waals surface area contributed by atoms with Crippen LogP contribution in [0.25, 0.3) is 0 Å². The lowest BCUT2D eigenvalue weighted by Crippen LogP contribution is -2.34. The number of nitrogens with zero attached hydrogens (tertiary/aromatic N) is 3. The summed E-state index contributed by atoms with van der Waals surface area (Å²) in [7, 11) is 0. The summed E-state index contributed by atoms with van der Waals surface area (Å²) in [6, 6.07) is 0.0915. The zero-order valence-electron chi connectivity index (χ0n) is 5.83. The minimum Gasteiger partial charge on any atom is -0.246 e. The lowest BCUT2D eigenvalue weighted by atomic mass is 10.4. The van der Waals surface area contributed by atoms with Crippen LogP contribution >= 0.6 is 16.1 Å². The molecule has 1 rings (SSSR count). The molecule has 0 aromatic heterocycles. The Morgan fingerprint density at radius 1 is 1.70 bits per heavy atom. The second-order valence-corrected chi connectivity index (χ2v) is 3.18. The predicted molar refractivity (Wildman–Crippen MR) is 41.1 cm³/mol. The Hall–Kier alpha value is -0.320. The van der Waals surface area contributed by atoms with Crippen molar-refractivity contribution >= 4 is 22.5 Å². The predicted octanol–water partition coefficient (Wildman–Crippen LogP) is 1.52. The van der Waals surface area contributed by atoms with Gasteiger partial charge in [0.05, 0.1) is 16.1 Å². The minimum absolute atomic E-state index is 0.0915. The summed E-state index contributed by atoms with van der Waals surface area (Å²) in [5.41, 5.74) is 0. The van der Waals surface area contributed by atoms with Crippen LogP contribution in [0, 0.1) is 0 Å². The Bertz CT molecular complexity index is 150. The highest BCUT2D eigenvalue weighted by Gasteiger charge is 2.27. The number of rotatable bonds is 1. The number of hydrogen-bond donors (Lipinski definition) is 0. The molecule has 3 nitrogen and oxygen atoms in total. The molecule has 5 heteroatoms. The average Bonchev–Trinajstić information content (AvgIpc) is 2.14. The molecule has 1 atom stereocenters. The highest BCUT2D eigenvalue weighted by atomic mass is 79.9. The number of hydrazone groups is 1. The Morgan fingerprint density at radius 3 is 2.50 bits per heavy atom. The van der Waals surface area contributed by atoms with E-state index >= 15 is 0 Å². The first-order valence-electron chi connectivity index (χ1n) is 3.03. The van der Waals surface area contributed by atoms with Gasteiger partial charge in [0.2, 0.25) is 0 Å². The molecule has 1 heterocycles. The molecule has 0 fully saturated rings. The topological polar surface area (TPSA) is 18.8 Å². The molecule has 0 saturated heterocycles. The van der Waals surface area contributed by atoms with E-state index in [9.17, 15) is 4.39 Å². The summed E-state index contributed by atoms with van der Waals surface area (Å²) in [5.74, 6) is 0. The highest BCUT2D eigenvalue weighted by Crippen LogP contribution is 2.19. The zero-order chi connectivity index (χ0) is 7.72. The molecule has 0 saturated carbocycles. The fourth-order valence-electron chi connectivity index (χ4n) is 0.711. The van der Waals surface area contributed by atoms with Crippen LogP contribution in [0.3, 0.4) is 0 Å². The van der Waals surface area contributed by atoms with Crippen LogP contribution < -0.4 is 0 Å². The molecule has 0 N–H and O–H groups in total. The Labute approximate surface area is 67.8 Å². The SMILES string of the molecule is CC(C)N1N=CN(Br)C1F. The van der Waals surface area contributed by atoms with Gasteiger partial charge in [0.25, 0.3) is 6.42 Å². The largest absolute Gasteiger partial charge is 0.274 e. The summed E-state index contributed by atoms with van der Waals surface area (Å²) < 4.78 is 14.2. The molecule has 58 valence electrons. The fourth-order valence-corrected chi connectivity index (χ4v) is 0.981. The summed E-state index contributed by atoms with van der Waals surface area (Å²) in [5, 5.41) is 5.18. The second-order valence-electron chi connectivity index (χ2n) is 2.36. The first kappa shape index (κ1) is 7.78. The molecule has 0 aromatic carbocycles. The molecule has 1 aliphatic rings. The minimum atomic E-state index is -1.17. The van der Waals surface area contributed by atoms with Gasteiger partial charge in [-0.15, -0.1) is 0 Å². The fraction of sp³-hybridized carbons (Fsp3) is 0.800. The third kappa shape index (κ3) is 1.23. The van der Waals surface area contributed by atoms with E-state index in [1.165, 1.54) is 15.3 Å². The van der Waals surface area contributed by atoms with Crippen molar-refractivity contribution in [3.8, 4) is 0 Å². The molecule has 0 bridgehead atoms. The molecule has 0 radical (unpaired) electrons. The van der Waals surface area contributed by atoms with Crippen molar-refractivity contribution in [1.29, 1.82) is 0 Å². The number of alkyl halides is 1. The van der Waals surface area contributed by atoms with E-state index in [0.29, 0.717) is 0 Å². The second kappa shape index (κ2) is 2.74. The standard InChI is InChI=1S/C5H9BrFN3/c1-4(2)10-5(7)9(6)3-8-10/h3-5H,1-2H3. The van der Waals surface area contributed by atoms with Crippen LogP contribution in [0.15, 0.2) is 5.10 Å². The van der Waals surface area contributed by atoms with Gasteiger partial charge in [0.15, 0.2) is 0 Å². The van der Waals surface area contributed by atoms with E-state index in [1.807, 2.05) is 13.8 Å². The maximum Gasteiger partial charge on any atom is 0.274 e. The van der Waals surface area contributed by atoms with E-state index in [-0.39, 0.29) is 6.04 Å². The van der Waals surface area contributed by atoms with Crippen molar-refractivity contribution in [3.63, 3.8) is 0 Å². The maximum absolute atomic E-state index is 12.9. The summed E-state index contributed by atoms with van der Waals surface area (Å²) >= 11 is 2.98. The van der Waals surface area contributed by atoms with Gasteiger partial charge in [-0.05, 0) is 13.8 Å². The summed E-state index contributed by atoms with van der Waals surface area (Å²) in [6.45, 7) is 3.77. The van der Waals surface area contributed by atoms with E-state index in [4.69, 9.17) is 0 Å². The van der Waals surface area contributed by atoms with Gasteiger partial charge in [-0.3, -0.25) is 0 Å². The molecule has 0 aromatic rings. The van der Waals surface area contributed by atoms with Crippen LogP contribution in [0.1, 0.15) is 13.8 Å². The first-order chi connectivity index (χ1) is 4.63. The lowest BCUT2D eigenvalue weighted by Gasteiger charge is -2.22. The monoisotopic (exact) mass is 209 g/mol. The normalized spacial score (nSPS) is 25.1. The Kier molecular flexibility index (Phi) is 2.13. The molecule has 10 heavy (non-hydrogen) atoms. The van der Waals surface area contributed by atoms with Crippen molar-refractivity contribution in [3.05, 3.63) is 0 Å². The zero-order valence-corrected chi connectivity index (χ0v) is 7.42. The van der Waals surface area contributed by atoms with Gasteiger partial charge in [-0.25, -0.2) is 8.93 Å². The van der Waals surface area contributed by atoms with Crippen molar-refractivity contribution < 1.29 is 4.39 Å². The van der Waals surface area contributed by atoms with Crippen molar-refractivity contribution in [2.75, 3.05) is 0 Å². The van der Waals surface area contributed by atoms with Crippen LogP contribution in [-0.4, -0.2) is 27.7 Å². The average molecular weight is 210 g/mol. The van der Waals surface area contributed by atoms with Gasteiger partial charge >= 0.3 is 0 Å². The van der Waals surface area contributed by atoms with Crippen molar-refractivity contribution in [2.24, 2.45) is 5.10 Å². The Balaban J connectivity index is 2.58. The van der Waals surface area contributed by atoms with Gasteiger partial charge in [0, 0.05) is 6.04 Å². The van der Waals surface area contributed by atoms with Crippen LogP contribution in [0.5, 0.6) is 0 Å². The molecular formula is C5H9BrFN3. The summed E-state index contributed by atoms with van der Waals surface area (Å²) in [4.78, 5) is 0. The van der Waals surface area contributed by atoms with Gasteiger partial charge in [-0.1, -0.05) is 0 Å². The van der Waals surface area contributed by atoms with Crippen LogP contribution in [0.2, 0.25) is 0 Å². The van der Waals surface area contributed by atoms with Crippen LogP contribution in [-0.2, 0) is 0 Å². The smallest absolute Gasteiger partial charge is 0.246 e. The van der Waals surface area contributed by atoms with Gasteiger partial charge in [0.1, 0.15) is 6.34 Å². The molecule has 0 aliphatic carbocycles. The highest BCUT2D eigenvalue weighted by molar-refractivity contribution is 9.07. The molecule has 1 aliphatic heterocycles. The van der Waals surface area contributed by atoms with E-state index in [0.717, 1.165) is 0 Å². The van der Waals surface area contributed by atoms with E-state index in [1.54, 1.807) is 0 Å². The molecule has 0 amide bonds. The molecule has 0 spiro atoms. The quantitative estimate of drug-likeness (QED) is 0.482. The molecular weight excluding hydrogens is 201 g/mol. The van der Waals surface area contributed by atoms with E-state index < -0.39 is 6.42 Å². The third-order valence-corrected chi connectivity index (χ3v) is 1.77. The summed E-state index contributed by atoms with van der Waals surface area (Å²) in [6.07, 6.45) is 0.241. The van der Waals surface area contributed by atoms with Gasteiger partial charge < -0.3 is 0 Å². The third-order valence-electron chi connectivity index (χ3n) is 1.25. The number of hydrogen-bond acceptors (Lipinski definition) is 3. The maximum atomic E-state index is 12.9. The van der Waals surface area contributed by atoms with Crippen molar-refractivity contribution in [1.82, 2.24) is 8.93 Å². The first-order valence-corrected chi connectivity index (χ1v) is 3.74. The van der Waals surface area contributed by atoms with Crippen molar-refractivity contribution in [2.45, 2.75) is 26.3 Å². The van der Waals surface area contributed by atoms with E-state index in [2.05, 4.69) is 21.2 Å². The lowest BCUT2D eigenvalue weighted by molar-refractivity contribution is 0.0338. The Morgan fingerprint density at radius 2 is 2.30 bits per heavy atom. The van der Waals surface area contributed by atoms with Gasteiger partial charge in [-0.2, -0.15) is 9.49 Å². The van der Waals surface area contributed by atoms with Crippen LogP contribution in [0.4, 0.5) is 4.39 Å². The molecule has 1 unspecified atom stereocenters.